The molecule has 0 amide bonds. The number of furan rings is 1. The molecule has 0 saturated carbocycles. The Morgan fingerprint density at radius 2 is 2.29 bits per heavy atom. The molecule has 0 bridgehead atoms. The molecule has 2 heterocycles. The van der Waals surface area contributed by atoms with Crippen molar-refractivity contribution in [2.24, 2.45) is 0 Å². The predicted molar refractivity (Wildman–Crippen MR) is 52.8 cm³/mol. The fourth-order valence-corrected chi connectivity index (χ4v) is 2.00. The lowest BCUT2D eigenvalue weighted by Crippen LogP contribution is -2.23. The van der Waals surface area contributed by atoms with Gasteiger partial charge in [0.1, 0.15) is 12.4 Å². The Hall–Kier alpha value is -1.78. The fraction of sp³-hybridized carbons (Fsp3) is 0.286. The lowest BCUT2D eigenvalue weighted by atomic mass is 10.5. The Morgan fingerprint density at radius 1 is 1.47 bits per heavy atom. The molecule has 2 rings (SSSR count). The summed E-state index contributed by atoms with van der Waals surface area (Å²) >= 11 is 0. The molecule has 2 aromatic rings. The molecule has 0 aliphatic rings. The van der Waals surface area contributed by atoms with Crippen molar-refractivity contribution >= 4 is 10.0 Å². The maximum Gasteiger partial charge on any atom is 0.274 e. The van der Waals surface area contributed by atoms with E-state index in [2.05, 4.69) is 25.3 Å². The number of nitrogens with one attached hydrogen (secondary N) is 2. The number of nitrogens with zero attached hydrogens (tertiary/aromatic N) is 3. The number of rotatable bonds is 5. The topological polar surface area (TPSA) is 134 Å². The highest BCUT2D eigenvalue weighted by Crippen LogP contribution is 2.13. The summed E-state index contributed by atoms with van der Waals surface area (Å²) in [4.78, 5) is 0. The van der Waals surface area contributed by atoms with E-state index in [1.807, 2.05) is 0 Å². The SMILES string of the molecule is O=S(=O)(NCc1nn[nH]n1)c1ccc(CO)o1. The third-order valence-corrected chi connectivity index (χ3v) is 3.14. The van der Waals surface area contributed by atoms with Crippen LogP contribution in [0.15, 0.2) is 21.6 Å². The molecule has 0 spiro atoms. The normalized spacial score (nSPS) is 11.8. The van der Waals surface area contributed by atoms with Crippen LogP contribution in [0.5, 0.6) is 0 Å². The first kappa shape index (κ1) is 11.7. The maximum atomic E-state index is 11.7. The standard InChI is InChI=1S/C7H9N5O4S/c13-4-5-1-2-7(16-5)17(14,15)8-3-6-9-11-12-10-6/h1-2,8,13H,3-4H2,(H,9,10,11,12). The number of aromatic nitrogens is 4. The van der Waals surface area contributed by atoms with Crippen LogP contribution in [0.1, 0.15) is 11.6 Å². The Bertz CT molecular complexity index is 575. The second-order valence-corrected chi connectivity index (χ2v) is 4.73. The molecule has 0 aromatic carbocycles. The molecule has 0 saturated heterocycles. The van der Waals surface area contributed by atoms with Crippen molar-refractivity contribution in [3.63, 3.8) is 0 Å². The number of hydrogen-bond acceptors (Lipinski definition) is 7. The summed E-state index contributed by atoms with van der Waals surface area (Å²) in [7, 11) is -3.78. The van der Waals surface area contributed by atoms with Gasteiger partial charge in [-0.3, -0.25) is 0 Å². The van der Waals surface area contributed by atoms with Gasteiger partial charge in [0.15, 0.2) is 5.82 Å². The molecule has 0 radical (unpaired) electrons. The van der Waals surface area contributed by atoms with Crippen molar-refractivity contribution in [2.45, 2.75) is 18.2 Å². The Kier molecular flexibility index (Phi) is 3.17. The summed E-state index contributed by atoms with van der Waals surface area (Å²) in [5.74, 6) is 0.382. The van der Waals surface area contributed by atoms with E-state index >= 15 is 0 Å². The van der Waals surface area contributed by atoms with Crippen LogP contribution in [0.4, 0.5) is 0 Å². The molecular weight excluding hydrogens is 250 g/mol. The second kappa shape index (κ2) is 4.61. The summed E-state index contributed by atoms with van der Waals surface area (Å²) in [6.45, 7) is -0.464. The molecule has 0 unspecified atom stereocenters. The van der Waals surface area contributed by atoms with E-state index in [0.717, 1.165) is 0 Å². The molecule has 0 fully saturated rings. The lowest BCUT2D eigenvalue weighted by Gasteiger charge is -2.00. The van der Waals surface area contributed by atoms with Crippen LogP contribution in [-0.4, -0.2) is 34.1 Å². The molecule has 0 aliphatic heterocycles. The van der Waals surface area contributed by atoms with E-state index in [0.29, 0.717) is 0 Å². The van der Waals surface area contributed by atoms with Crippen LogP contribution in [-0.2, 0) is 23.2 Å². The quantitative estimate of drug-likeness (QED) is 0.611. The molecule has 2 aromatic heterocycles. The fourth-order valence-electron chi connectivity index (χ4n) is 1.08. The number of sulfonamides is 1. The summed E-state index contributed by atoms with van der Waals surface area (Å²) < 4.78 is 30.5. The third-order valence-electron chi connectivity index (χ3n) is 1.87. The number of aliphatic hydroxyl groups excluding tert-OH is 1. The molecule has 9 nitrogen and oxygen atoms in total. The summed E-state index contributed by atoms with van der Waals surface area (Å²) in [6.07, 6.45) is 0. The van der Waals surface area contributed by atoms with Crippen molar-refractivity contribution in [3.05, 3.63) is 23.7 Å². The number of aliphatic hydroxyl groups is 1. The van der Waals surface area contributed by atoms with Crippen LogP contribution in [0, 0.1) is 0 Å². The van der Waals surface area contributed by atoms with Crippen molar-refractivity contribution in [3.8, 4) is 0 Å². The largest absolute Gasteiger partial charge is 0.446 e. The number of tetrazole rings is 1. The molecule has 3 N–H and O–H groups in total. The van der Waals surface area contributed by atoms with Crippen LogP contribution >= 0.6 is 0 Å². The van der Waals surface area contributed by atoms with Gasteiger partial charge in [-0.2, -0.15) is 5.21 Å². The minimum absolute atomic E-state index is 0.103. The molecule has 92 valence electrons. The first-order valence-electron chi connectivity index (χ1n) is 4.53. The van der Waals surface area contributed by atoms with Gasteiger partial charge >= 0.3 is 0 Å². The molecular formula is C7H9N5O4S. The minimum atomic E-state index is -3.78. The van der Waals surface area contributed by atoms with Crippen molar-refractivity contribution in [2.75, 3.05) is 0 Å². The summed E-state index contributed by atoms with van der Waals surface area (Å²) in [5.41, 5.74) is 0. The van der Waals surface area contributed by atoms with E-state index in [4.69, 9.17) is 9.52 Å². The Morgan fingerprint density at radius 3 is 2.88 bits per heavy atom. The van der Waals surface area contributed by atoms with Gasteiger partial charge in [0.25, 0.3) is 10.0 Å². The third kappa shape index (κ3) is 2.67. The van der Waals surface area contributed by atoms with Gasteiger partial charge < -0.3 is 9.52 Å². The average molecular weight is 259 g/mol. The zero-order chi connectivity index (χ0) is 12.3. The maximum absolute atomic E-state index is 11.7. The lowest BCUT2D eigenvalue weighted by molar-refractivity contribution is 0.236. The van der Waals surface area contributed by atoms with Gasteiger partial charge in [0.2, 0.25) is 5.09 Å². The second-order valence-electron chi connectivity index (χ2n) is 3.03. The highest BCUT2D eigenvalue weighted by molar-refractivity contribution is 7.89. The minimum Gasteiger partial charge on any atom is -0.446 e. The van der Waals surface area contributed by atoms with Gasteiger partial charge in [-0.25, -0.2) is 13.1 Å². The number of H-pyrrole nitrogens is 1. The monoisotopic (exact) mass is 259 g/mol. The Labute approximate surface area is 95.9 Å². The van der Waals surface area contributed by atoms with E-state index < -0.39 is 10.0 Å². The molecule has 0 aliphatic carbocycles. The van der Waals surface area contributed by atoms with E-state index in [-0.39, 0.29) is 29.8 Å². The van der Waals surface area contributed by atoms with Gasteiger partial charge in [-0.1, -0.05) is 5.21 Å². The molecule has 0 atom stereocenters. The zero-order valence-corrected chi connectivity index (χ0v) is 9.31. The van der Waals surface area contributed by atoms with E-state index in [9.17, 15) is 8.42 Å². The van der Waals surface area contributed by atoms with Gasteiger partial charge in [-0.15, -0.1) is 10.2 Å². The summed E-state index contributed by atoms with van der Waals surface area (Å²) in [5, 5.41) is 21.1. The first-order valence-corrected chi connectivity index (χ1v) is 6.01. The smallest absolute Gasteiger partial charge is 0.274 e. The van der Waals surface area contributed by atoms with Crippen molar-refractivity contribution in [1.29, 1.82) is 0 Å². The highest BCUT2D eigenvalue weighted by Gasteiger charge is 2.19. The van der Waals surface area contributed by atoms with E-state index in [1.54, 1.807) is 0 Å². The van der Waals surface area contributed by atoms with Gasteiger partial charge in [0, 0.05) is 0 Å². The first-order chi connectivity index (χ1) is 8.12. The molecule has 10 heteroatoms. The van der Waals surface area contributed by atoms with Crippen LogP contribution in [0.25, 0.3) is 0 Å². The average Bonchev–Trinajstić information content (AvgIpc) is 2.98. The van der Waals surface area contributed by atoms with Crippen LogP contribution < -0.4 is 4.72 Å². The van der Waals surface area contributed by atoms with Crippen molar-refractivity contribution < 1.29 is 17.9 Å². The highest BCUT2D eigenvalue weighted by atomic mass is 32.2. The Balaban J connectivity index is 2.08. The zero-order valence-electron chi connectivity index (χ0n) is 8.49. The summed E-state index contributed by atoms with van der Waals surface area (Å²) in [6, 6.07) is 2.63. The number of aromatic amines is 1. The van der Waals surface area contributed by atoms with Crippen LogP contribution in [0.3, 0.4) is 0 Å². The van der Waals surface area contributed by atoms with Crippen molar-refractivity contribution in [1.82, 2.24) is 25.3 Å². The van der Waals surface area contributed by atoms with Gasteiger partial charge in [-0.05, 0) is 12.1 Å². The predicted octanol–water partition coefficient (Wildman–Crippen LogP) is -1.24. The molecule has 17 heavy (non-hydrogen) atoms. The van der Waals surface area contributed by atoms with Gasteiger partial charge in [0.05, 0.1) is 6.54 Å². The van der Waals surface area contributed by atoms with E-state index in [1.165, 1.54) is 12.1 Å². The number of hydrogen-bond donors (Lipinski definition) is 3. The van der Waals surface area contributed by atoms with Crippen LogP contribution in [0.2, 0.25) is 0 Å².